The standard InChI is InChI=1S/C22H35N5O3/c1-22(2,3)30-21(28)27-14-17(15-27)25-20(23-4)24-12-16-10-11-26(13-16)18-8-6-7-9-19(18)29-5/h6-9,16-17H,10-15H2,1-5H3,(H2,23,24,25). The Morgan fingerprint density at radius 3 is 2.63 bits per heavy atom. The second-order valence-corrected chi connectivity index (χ2v) is 8.95. The van der Waals surface area contributed by atoms with Gasteiger partial charge in [-0.2, -0.15) is 0 Å². The predicted octanol–water partition coefficient (Wildman–Crippen LogP) is 2.31. The summed E-state index contributed by atoms with van der Waals surface area (Å²) in [5.74, 6) is 2.23. The summed E-state index contributed by atoms with van der Waals surface area (Å²) in [5, 5.41) is 6.83. The number of ether oxygens (including phenoxy) is 2. The van der Waals surface area contributed by atoms with Crippen LogP contribution in [-0.2, 0) is 4.74 Å². The average Bonchev–Trinajstić information content (AvgIpc) is 3.13. The predicted molar refractivity (Wildman–Crippen MR) is 119 cm³/mol. The molecule has 2 heterocycles. The molecule has 2 N–H and O–H groups in total. The fourth-order valence-corrected chi connectivity index (χ4v) is 3.78. The van der Waals surface area contributed by atoms with Crippen LogP contribution in [0.25, 0.3) is 0 Å². The Hall–Kier alpha value is -2.64. The first-order valence-electron chi connectivity index (χ1n) is 10.6. The van der Waals surface area contributed by atoms with Crippen molar-refractivity contribution >= 4 is 17.7 Å². The van der Waals surface area contributed by atoms with E-state index in [-0.39, 0.29) is 12.1 Å². The van der Waals surface area contributed by atoms with Crippen molar-refractivity contribution in [1.82, 2.24) is 15.5 Å². The van der Waals surface area contributed by atoms with E-state index in [2.05, 4.69) is 26.6 Å². The number of rotatable bonds is 5. The monoisotopic (exact) mass is 417 g/mol. The number of para-hydroxylation sites is 2. The molecule has 1 aromatic carbocycles. The number of anilines is 1. The van der Waals surface area contributed by atoms with Gasteiger partial charge in [0, 0.05) is 39.8 Å². The number of carbonyl (C=O) groups is 1. The molecule has 2 aliphatic rings. The molecule has 0 bridgehead atoms. The summed E-state index contributed by atoms with van der Waals surface area (Å²) in [6.07, 6.45) is 0.864. The summed E-state index contributed by atoms with van der Waals surface area (Å²) < 4.78 is 10.9. The summed E-state index contributed by atoms with van der Waals surface area (Å²) >= 11 is 0. The lowest BCUT2D eigenvalue weighted by molar-refractivity contribution is 0.00701. The Kier molecular flexibility index (Phi) is 6.95. The van der Waals surface area contributed by atoms with E-state index >= 15 is 0 Å². The Bertz CT molecular complexity index is 755. The van der Waals surface area contributed by atoms with Crippen molar-refractivity contribution < 1.29 is 14.3 Å². The molecule has 8 nitrogen and oxygen atoms in total. The smallest absolute Gasteiger partial charge is 0.410 e. The third kappa shape index (κ3) is 5.70. The fourth-order valence-electron chi connectivity index (χ4n) is 3.78. The summed E-state index contributed by atoms with van der Waals surface area (Å²) in [6, 6.07) is 8.36. The topological polar surface area (TPSA) is 78.4 Å². The van der Waals surface area contributed by atoms with E-state index in [9.17, 15) is 4.79 Å². The number of carbonyl (C=O) groups excluding carboxylic acids is 1. The molecule has 2 aliphatic heterocycles. The number of likely N-dealkylation sites (tertiary alicyclic amines) is 1. The van der Waals surface area contributed by atoms with E-state index in [1.54, 1.807) is 19.1 Å². The zero-order valence-electron chi connectivity index (χ0n) is 18.8. The van der Waals surface area contributed by atoms with Crippen LogP contribution in [0.1, 0.15) is 27.2 Å². The Labute approximate surface area is 179 Å². The Morgan fingerprint density at radius 1 is 1.23 bits per heavy atom. The molecule has 0 radical (unpaired) electrons. The zero-order valence-corrected chi connectivity index (χ0v) is 18.8. The largest absolute Gasteiger partial charge is 0.495 e. The molecule has 0 aliphatic carbocycles. The number of methoxy groups -OCH3 is 1. The summed E-state index contributed by atoms with van der Waals surface area (Å²) in [6.45, 7) is 9.75. The zero-order chi connectivity index (χ0) is 21.7. The molecule has 8 heteroatoms. The van der Waals surface area contributed by atoms with E-state index < -0.39 is 5.60 Å². The van der Waals surface area contributed by atoms with Gasteiger partial charge in [-0.25, -0.2) is 4.79 Å². The van der Waals surface area contributed by atoms with Gasteiger partial charge < -0.3 is 29.9 Å². The maximum atomic E-state index is 12.1. The number of guanidine groups is 1. The first kappa shape index (κ1) is 22.1. The van der Waals surface area contributed by atoms with Gasteiger partial charge in [0.15, 0.2) is 5.96 Å². The van der Waals surface area contributed by atoms with E-state index in [0.29, 0.717) is 19.0 Å². The van der Waals surface area contributed by atoms with Crippen LogP contribution in [0, 0.1) is 5.92 Å². The molecular formula is C22H35N5O3. The van der Waals surface area contributed by atoms with Crippen LogP contribution in [-0.4, -0.2) is 75.5 Å². The van der Waals surface area contributed by atoms with Crippen LogP contribution in [0.5, 0.6) is 5.75 Å². The van der Waals surface area contributed by atoms with Crippen LogP contribution in [0.15, 0.2) is 29.3 Å². The van der Waals surface area contributed by atoms with Crippen molar-refractivity contribution in [2.45, 2.75) is 38.8 Å². The molecule has 1 atom stereocenters. The van der Waals surface area contributed by atoms with Gasteiger partial charge in [0.25, 0.3) is 0 Å². The van der Waals surface area contributed by atoms with Crippen LogP contribution in [0.4, 0.5) is 10.5 Å². The first-order valence-corrected chi connectivity index (χ1v) is 10.6. The highest BCUT2D eigenvalue weighted by Gasteiger charge is 2.34. The number of hydrogen-bond acceptors (Lipinski definition) is 5. The highest BCUT2D eigenvalue weighted by atomic mass is 16.6. The number of benzene rings is 1. The average molecular weight is 418 g/mol. The van der Waals surface area contributed by atoms with Gasteiger partial charge in [0.1, 0.15) is 11.4 Å². The summed E-state index contributed by atoms with van der Waals surface area (Å²) in [5.41, 5.74) is 0.688. The second kappa shape index (κ2) is 9.45. The van der Waals surface area contributed by atoms with Gasteiger partial charge in [-0.3, -0.25) is 4.99 Å². The minimum Gasteiger partial charge on any atom is -0.495 e. The maximum absolute atomic E-state index is 12.1. The SMILES string of the molecule is CN=C(NCC1CCN(c2ccccc2OC)C1)NC1CN(C(=O)OC(C)(C)C)C1. The third-order valence-electron chi connectivity index (χ3n) is 5.37. The number of aliphatic imine (C=N–C) groups is 1. The molecular weight excluding hydrogens is 382 g/mol. The minimum absolute atomic E-state index is 0.192. The molecule has 1 aromatic rings. The number of hydrogen-bond donors (Lipinski definition) is 2. The second-order valence-electron chi connectivity index (χ2n) is 8.95. The Balaban J connectivity index is 1.40. The molecule has 1 unspecified atom stereocenters. The third-order valence-corrected chi connectivity index (χ3v) is 5.37. The van der Waals surface area contributed by atoms with E-state index in [0.717, 1.165) is 43.5 Å². The number of nitrogens with zero attached hydrogens (tertiary/aromatic N) is 3. The van der Waals surface area contributed by atoms with Gasteiger partial charge in [-0.1, -0.05) is 12.1 Å². The summed E-state index contributed by atoms with van der Waals surface area (Å²) in [4.78, 5) is 20.5. The van der Waals surface area contributed by atoms with Crippen LogP contribution >= 0.6 is 0 Å². The van der Waals surface area contributed by atoms with Gasteiger partial charge in [-0.15, -0.1) is 0 Å². The molecule has 2 fully saturated rings. The number of amides is 1. The first-order chi connectivity index (χ1) is 14.3. The highest BCUT2D eigenvalue weighted by Crippen LogP contribution is 2.31. The minimum atomic E-state index is -0.466. The van der Waals surface area contributed by atoms with Crippen molar-refractivity contribution in [3.63, 3.8) is 0 Å². The molecule has 3 rings (SSSR count). The lowest BCUT2D eigenvalue weighted by atomic mass is 10.1. The molecule has 0 saturated carbocycles. The van der Waals surface area contributed by atoms with Crippen molar-refractivity contribution in [3.05, 3.63) is 24.3 Å². The Morgan fingerprint density at radius 2 is 1.97 bits per heavy atom. The van der Waals surface area contributed by atoms with Crippen LogP contribution in [0.2, 0.25) is 0 Å². The quantitative estimate of drug-likeness (QED) is 0.565. The highest BCUT2D eigenvalue weighted by molar-refractivity contribution is 5.80. The van der Waals surface area contributed by atoms with Crippen molar-refractivity contribution in [1.29, 1.82) is 0 Å². The molecule has 2 saturated heterocycles. The molecule has 166 valence electrons. The molecule has 30 heavy (non-hydrogen) atoms. The van der Waals surface area contributed by atoms with E-state index in [1.165, 1.54) is 0 Å². The molecule has 1 amide bonds. The van der Waals surface area contributed by atoms with Crippen molar-refractivity contribution in [2.75, 3.05) is 51.8 Å². The van der Waals surface area contributed by atoms with Crippen LogP contribution < -0.4 is 20.3 Å². The summed E-state index contributed by atoms with van der Waals surface area (Å²) in [7, 11) is 3.49. The fraction of sp³-hybridized carbons (Fsp3) is 0.636. The van der Waals surface area contributed by atoms with E-state index in [1.807, 2.05) is 39.0 Å². The van der Waals surface area contributed by atoms with Crippen molar-refractivity contribution in [2.24, 2.45) is 10.9 Å². The van der Waals surface area contributed by atoms with Crippen molar-refractivity contribution in [3.8, 4) is 5.75 Å². The lowest BCUT2D eigenvalue weighted by Gasteiger charge is -2.40. The van der Waals surface area contributed by atoms with Gasteiger partial charge in [0.2, 0.25) is 0 Å². The van der Waals surface area contributed by atoms with Gasteiger partial charge in [0.05, 0.1) is 18.8 Å². The maximum Gasteiger partial charge on any atom is 0.410 e. The van der Waals surface area contributed by atoms with Gasteiger partial charge >= 0.3 is 6.09 Å². The molecule has 0 aromatic heterocycles. The number of nitrogens with one attached hydrogen (secondary N) is 2. The van der Waals surface area contributed by atoms with Crippen LogP contribution in [0.3, 0.4) is 0 Å². The van der Waals surface area contributed by atoms with E-state index in [4.69, 9.17) is 9.47 Å². The van der Waals surface area contributed by atoms with Gasteiger partial charge in [-0.05, 0) is 45.2 Å². The lowest BCUT2D eigenvalue weighted by Crippen LogP contribution is -2.63. The normalized spacial score (nSPS) is 20.0. The molecule has 0 spiro atoms.